The molecule has 0 unspecified atom stereocenters. The molecule has 0 radical (unpaired) electrons. The van der Waals surface area contributed by atoms with Crippen molar-refractivity contribution in [3.8, 4) is 0 Å². The first-order chi connectivity index (χ1) is 7.74. The predicted octanol–water partition coefficient (Wildman–Crippen LogP) is 6.08. The first kappa shape index (κ1) is 25.9. The van der Waals surface area contributed by atoms with Gasteiger partial charge in [0.25, 0.3) is 0 Å². The van der Waals surface area contributed by atoms with Gasteiger partial charge in [0.1, 0.15) is 0 Å². The molecule has 0 fully saturated rings. The molecule has 0 saturated carbocycles. The minimum absolute atomic E-state index is 0. The van der Waals surface area contributed by atoms with E-state index < -0.39 is 15.3 Å². The van der Waals surface area contributed by atoms with E-state index in [1.807, 2.05) is 3.88 Å². The van der Waals surface area contributed by atoms with Crippen LogP contribution >= 0.6 is 37.2 Å². The zero-order valence-electron chi connectivity index (χ0n) is 13.9. The van der Waals surface area contributed by atoms with Crippen LogP contribution in [0, 0.1) is 0 Å². The molecule has 1 aliphatic carbocycles. The first-order valence-corrected chi connectivity index (χ1v) is 14.1. The first-order valence-electron chi connectivity index (χ1n) is 7.10. The third-order valence-electron chi connectivity index (χ3n) is 3.83. The van der Waals surface area contributed by atoms with Gasteiger partial charge in [-0.1, -0.05) is 0 Å². The Morgan fingerprint density at radius 2 is 1.50 bits per heavy atom. The summed E-state index contributed by atoms with van der Waals surface area (Å²) in [4.78, 5) is 2.52. The van der Waals surface area contributed by atoms with Crippen LogP contribution in [0.15, 0.2) is 21.6 Å². The summed E-state index contributed by atoms with van der Waals surface area (Å²) in [6, 6.07) is 0. The van der Waals surface area contributed by atoms with Crippen LogP contribution in [0.4, 0.5) is 0 Å². The molecule has 1 aliphatic rings. The van der Waals surface area contributed by atoms with E-state index in [9.17, 15) is 0 Å². The van der Waals surface area contributed by atoms with Gasteiger partial charge in [-0.15, -0.1) is 37.2 Å². The molecule has 0 aromatic rings. The van der Waals surface area contributed by atoms with Crippen LogP contribution in [0.1, 0.15) is 26.7 Å². The van der Waals surface area contributed by atoms with E-state index >= 15 is 0 Å². The van der Waals surface area contributed by atoms with Crippen molar-refractivity contribution in [3.05, 3.63) is 21.6 Å². The molecule has 0 atom stereocenters. The Bertz CT molecular complexity index is 330. The van der Waals surface area contributed by atoms with E-state index in [0.29, 0.717) is 0 Å². The Kier molecular flexibility index (Phi) is 12.9. The molecule has 1 rings (SSSR count). The maximum absolute atomic E-state index is 2.54. The molecule has 0 saturated heterocycles. The van der Waals surface area contributed by atoms with Gasteiger partial charge >= 0.3 is 109 Å². The molecule has 0 aliphatic heterocycles. The standard InChI is InChI=1S/C11H18N.4CH3.3ClH.Ti/c1-3-12(4-2)10-9-11-7-5-6-8-11;;;;;;;;/h5,7H,3-4,6,9-10H2,1-2H3;4*1H3;3*1H;. The second-order valence-electron chi connectivity index (χ2n) is 7.39. The zero-order chi connectivity index (χ0) is 13.1. The third kappa shape index (κ3) is 7.87. The van der Waals surface area contributed by atoms with E-state index in [2.05, 4.69) is 51.8 Å². The summed E-state index contributed by atoms with van der Waals surface area (Å²) in [5.41, 5.74) is 1.66. The Balaban J connectivity index is -0.000000963. The number of nitrogens with zero attached hydrogens (tertiary/aromatic N) is 1. The van der Waals surface area contributed by atoms with E-state index in [1.165, 1.54) is 32.5 Å². The van der Waals surface area contributed by atoms with Gasteiger partial charge in [0.05, 0.1) is 0 Å². The molecule has 0 bridgehead atoms. The molecule has 0 spiro atoms. The maximum Gasteiger partial charge on any atom is -0.147 e. The Morgan fingerprint density at radius 1 is 1.00 bits per heavy atom. The summed E-state index contributed by atoms with van der Waals surface area (Å²) < 4.78 is 1.81. The second-order valence-corrected chi connectivity index (χ2v) is 20.8. The van der Waals surface area contributed by atoms with Crippen LogP contribution in [0.5, 0.6) is 0 Å². The van der Waals surface area contributed by atoms with Gasteiger partial charge < -0.3 is 0 Å². The molecule has 0 amide bonds. The largest absolute Gasteiger partial charge is 0.147 e. The molecule has 0 aromatic carbocycles. The Labute approximate surface area is 145 Å². The summed E-state index contributed by atoms with van der Waals surface area (Å²) in [6.07, 6.45) is 7.23. The summed E-state index contributed by atoms with van der Waals surface area (Å²) >= 11 is -2.23. The Hall–Kier alpha value is 1.02. The van der Waals surface area contributed by atoms with E-state index in [-0.39, 0.29) is 37.2 Å². The van der Waals surface area contributed by atoms with Crippen LogP contribution < -0.4 is 0 Å². The summed E-state index contributed by atoms with van der Waals surface area (Å²) in [5.74, 6) is 0. The van der Waals surface area contributed by atoms with Gasteiger partial charge in [-0.25, -0.2) is 0 Å². The number of allylic oxidation sites excluding steroid dienone is 3. The second kappa shape index (κ2) is 9.92. The number of hydrogen-bond acceptors (Lipinski definition) is 1. The molecule has 0 heterocycles. The van der Waals surface area contributed by atoms with Gasteiger partial charge in [0.2, 0.25) is 0 Å². The molecule has 5 heteroatoms. The summed E-state index contributed by atoms with van der Waals surface area (Å²) in [6.45, 7) is 8.08. The van der Waals surface area contributed by atoms with Crippen molar-refractivity contribution >= 4 is 37.2 Å². The van der Waals surface area contributed by atoms with Crippen molar-refractivity contribution in [1.82, 2.24) is 4.90 Å². The van der Waals surface area contributed by atoms with Crippen LogP contribution in [-0.4, -0.2) is 24.5 Å². The van der Waals surface area contributed by atoms with Crippen molar-refractivity contribution < 1.29 is 15.3 Å². The van der Waals surface area contributed by atoms with Crippen LogP contribution in [0.25, 0.3) is 0 Å². The maximum atomic E-state index is 2.54. The topological polar surface area (TPSA) is 3.24 Å². The van der Waals surface area contributed by atoms with Crippen molar-refractivity contribution in [3.63, 3.8) is 0 Å². The minimum Gasteiger partial charge on any atom is -0.147 e. The third-order valence-corrected chi connectivity index (χ3v) is 8.42. The van der Waals surface area contributed by atoms with Crippen LogP contribution in [0.2, 0.25) is 20.9 Å². The Morgan fingerprint density at radius 3 is 1.90 bits per heavy atom. The van der Waals surface area contributed by atoms with Gasteiger partial charge in [-0.2, -0.15) is 0 Å². The number of hydrogen-bond donors (Lipinski definition) is 0. The molecule has 123 valence electrons. The fourth-order valence-electron chi connectivity index (χ4n) is 2.65. The molecule has 0 N–H and O–H groups in total. The molecule has 0 aromatic heterocycles. The number of rotatable bonds is 6. The predicted molar refractivity (Wildman–Crippen MR) is 98.4 cm³/mol. The van der Waals surface area contributed by atoms with Crippen molar-refractivity contribution in [2.45, 2.75) is 47.6 Å². The zero-order valence-corrected chi connectivity index (χ0v) is 17.9. The molecular formula is C15H33Cl3NTi. The smallest absolute Gasteiger partial charge is 0.147 e. The van der Waals surface area contributed by atoms with Crippen molar-refractivity contribution in [2.75, 3.05) is 19.6 Å². The summed E-state index contributed by atoms with van der Waals surface area (Å²) in [5, 5.41) is 10.2. The van der Waals surface area contributed by atoms with E-state index in [4.69, 9.17) is 0 Å². The average Bonchev–Trinajstić information content (AvgIpc) is 2.66. The van der Waals surface area contributed by atoms with Gasteiger partial charge in [-0.3, -0.25) is 0 Å². The fraction of sp³-hybridized carbons (Fsp3) is 0.733. The van der Waals surface area contributed by atoms with Gasteiger partial charge in [0, 0.05) is 0 Å². The quantitative estimate of drug-likeness (QED) is 0.504. The fourth-order valence-corrected chi connectivity index (χ4v) is 6.44. The van der Waals surface area contributed by atoms with E-state index in [1.54, 1.807) is 5.57 Å². The molecule has 1 nitrogen and oxygen atoms in total. The SMILES string of the molecule is CCN(CC)CCC1=[C]([Ti]([CH3])([CH3])([CH3])[CH3])CC=C1.Cl.Cl.Cl. The van der Waals surface area contributed by atoms with Crippen molar-refractivity contribution in [2.24, 2.45) is 0 Å². The van der Waals surface area contributed by atoms with Gasteiger partial charge in [-0.05, 0) is 0 Å². The normalized spacial score (nSPS) is 16.1. The summed E-state index contributed by atoms with van der Waals surface area (Å²) in [7, 11) is 0. The van der Waals surface area contributed by atoms with Crippen LogP contribution in [0.3, 0.4) is 0 Å². The average molecular weight is 382 g/mol. The number of halogens is 3. The molecule has 20 heavy (non-hydrogen) atoms. The van der Waals surface area contributed by atoms with Gasteiger partial charge in [0.15, 0.2) is 0 Å². The minimum atomic E-state index is -2.23. The van der Waals surface area contributed by atoms with Crippen LogP contribution in [-0.2, 0) is 15.3 Å². The monoisotopic (exact) mass is 380 g/mol. The van der Waals surface area contributed by atoms with Crippen molar-refractivity contribution in [1.29, 1.82) is 0 Å². The molecular weight excluding hydrogens is 348 g/mol. The van der Waals surface area contributed by atoms with E-state index in [0.717, 1.165) is 0 Å².